The zero-order valence-electron chi connectivity index (χ0n) is 19.1. The fourth-order valence-electron chi connectivity index (χ4n) is 3.88. The maximum atomic E-state index is 12.6. The lowest BCUT2D eigenvalue weighted by molar-refractivity contribution is 0.142. The topological polar surface area (TPSA) is 153 Å². The van der Waals surface area contributed by atoms with Crippen molar-refractivity contribution in [1.82, 2.24) is 15.0 Å². The number of sulfone groups is 1. The largest absolute Gasteiger partial charge is 0.486 e. The number of nitriles is 1. The molecule has 0 amide bonds. The van der Waals surface area contributed by atoms with Gasteiger partial charge in [0.25, 0.3) is 0 Å². The molecule has 3 heterocycles. The van der Waals surface area contributed by atoms with Crippen molar-refractivity contribution in [2.45, 2.75) is 23.2 Å². The molecule has 3 N–H and O–H groups in total. The van der Waals surface area contributed by atoms with Crippen LogP contribution in [0.25, 0.3) is 10.9 Å². The van der Waals surface area contributed by atoms with E-state index in [2.05, 4.69) is 26.3 Å². The summed E-state index contributed by atoms with van der Waals surface area (Å²) >= 11 is 0. The lowest BCUT2D eigenvalue weighted by Gasteiger charge is -2.16. The van der Waals surface area contributed by atoms with E-state index in [1.54, 1.807) is 42.5 Å². The van der Waals surface area contributed by atoms with Crippen LogP contribution in [0.5, 0.6) is 5.75 Å². The normalized spacial score (nSPS) is 15.5. The van der Waals surface area contributed by atoms with Crippen LogP contribution < -0.4 is 15.8 Å². The average molecular weight is 503 g/mol. The number of anilines is 3. The Bertz CT molecular complexity index is 1550. The zero-order chi connectivity index (χ0) is 25.1. The molecular weight excluding hydrogens is 480 g/mol. The van der Waals surface area contributed by atoms with Gasteiger partial charge in [0.05, 0.1) is 46.3 Å². The Morgan fingerprint density at radius 3 is 2.61 bits per heavy atom. The first-order valence-corrected chi connectivity index (χ1v) is 12.8. The fraction of sp³-hybridized carbons (Fsp3) is 0.200. The molecule has 1 aliphatic rings. The van der Waals surface area contributed by atoms with Crippen LogP contribution in [-0.4, -0.2) is 42.7 Å². The number of hydrogen-bond acceptors (Lipinski definition) is 10. The molecule has 5 rings (SSSR count). The highest BCUT2D eigenvalue weighted by Gasteiger charge is 2.20. The quantitative estimate of drug-likeness (QED) is 0.360. The van der Waals surface area contributed by atoms with Crippen molar-refractivity contribution in [2.24, 2.45) is 0 Å². The zero-order valence-corrected chi connectivity index (χ0v) is 19.9. The molecule has 11 heteroatoms. The van der Waals surface area contributed by atoms with Crippen molar-refractivity contribution < 1.29 is 17.9 Å². The second-order valence-corrected chi connectivity index (χ2v) is 10.3. The molecule has 1 unspecified atom stereocenters. The van der Waals surface area contributed by atoms with Crippen LogP contribution in [-0.2, 0) is 20.3 Å². The van der Waals surface area contributed by atoms with Crippen molar-refractivity contribution in [1.29, 1.82) is 5.26 Å². The van der Waals surface area contributed by atoms with E-state index in [1.807, 2.05) is 0 Å². The van der Waals surface area contributed by atoms with Gasteiger partial charge < -0.3 is 20.5 Å². The summed E-state index contributed by atoms with van der Waals surface area (Å²) in [7, 11) is -3.53. The van der Waals surface area contributed by atoms with Gasteiger partial charge in [0.15, 0.2) is 9.84 Å². The van der Waals surface area contributed by atoms with Gasteiger partial charge in [-0.1, -0.05) is 18.2 Å². The molecule has 1 fully saturated rings. The van der Waals surface area contributed by atoms with Crippen molar-refractivity contribution in [3.8, 4) is 11.8 Å². The molecule has 0 spiro atoms. The van der Waals surface area contributed by atoms with Crippen LogP contribution in [0.2, 0.25) is 0 Å². The number of benzene rings is 2. The monoisotopic (exact) mass is 502 g/mol. The molecular formula is C25H22N6O4S. The SMILES string of the molecule is N#Cc1cnc2cc(OC3CCOC3)c(N)cc2c1Nc1ncc(CS(=O)(=O)c2ccccc2)cn1. The smallest absolute Gasteiger partial charge is 0.227 e. The third-order valence-electron chi connectivity index (χ3n) is 5.70. The highest BCUT2D eigenvalue weighted by atomic mass is 32.2. The second-order valence-electron chi connectivity index (χ2n) is 8.28. The lowest BCUT2D eigenvalue weighted by atomic mass is 10.1. The molecule has 4 aromatic rings. The first-order chi connectivity index (χ1) is 17.4. The van der Waals surface area contributed by atoms with E-state index in [0.717, 1.165) is 6.42 Å². The van der Waals surface area contributed by atoms with Crippen molar-refractivity contribution >= 4 is 38.1 Å². The highest BCUT2D eigenvalue weighted by molar-refractivity contribution is 7.90. The Balaban J connectivity index is 1.41. The van der Waals surface area contributed by atoms with Crippen molar-refractivity contribution in [3.63, 3.8) is 0 Å². The second kappa shape index (κ2) is 9.77. The number of nitrogens with zero attached hydrogens (tertiary/aromatic N) is 4. The fourth-order valence-corrected chi connectivity index (χ4v) is 5.21. The summed E-state index contributed by atoms with van der Waals surface area (Å²) < 4.78 is 36.6. The summed E-state index contributed by atoms with van der Waals surface area (Å²) in [5.74, 6) is 0.466. The van der Waals surface area contributed by atoms with E-state index in [0.29, 0.717) is 46.8 Å². The number of nitrogen functional groups attached to an aromatic ring is 1. The van der Waals surface area contributed by atoms with Gasteiger partial charge in [-0.2, -0.15) is 5.26 Å². The molecule has 0 aliphatic carbocycles. The molecule has 1 atom stereocenters. The van der Waals surface area contributed by atoms with E-state index in [-0.39, 0.29) is 28.3 Å². The van der Waals surface area contributed by atoms with Crippen LogP contribution in [0.15, 0.2) is 66.0 Å². The van der Waals surface area contributed by atoms with Gasteiger partial charge in [0.2, 0.25) is 5.95 Å². The van der Waals surface area contributed by atoms with Crippen LogP contribution in [0.4, 0.5) is 17.3 Å². The lowest BCUT2D eigenvalue weighted by Crippen LogP contribution is -2.16. The standard InChI is InChI=1S/C25H22N6O4S/c26-10-17-13-28-22-9-23(35-18-6-7-34-14-18)21(27)8-20(22)24(17)31-25-29-11-16(12-30-25)15-36(32,33)19-4-2-1-3-5-19/h1-5,8-9,11-13,18H,6-7,14-15,27H2,(H,28,29,30,31). The molecule has 0 bridgehead atoms. The summed E-state index contributed by atoms with van der Waals surface area (Å²) in [5.41, 5.74) is 8.38. The van der Waals surface area contributed by atoms with Crippen LogP contribution in [0.1, 0.15) is 17.5 Å². The molecule has 1 aliphatic heterocycles. The minimum atomic E-state index is -3.53. The predicted octanol–water partition coefficient (Wildman–Crippen LogP) is 3.36. The molecule has 0 saturated carbocycles. The number of fused-ring (bicyclic) bond motifs is 1. The molecule has 2 aromatic carbocycles. The summed E-state index contributed by atoms with van der Waals surface area (Å²) in [6.45, 7) is 1.15. The summed E-state index contributed by atoms with van der Waals surface area (Å²) in [6, 6.07) is 13.7. The number of pyridine rings is 1. The van der Waals surface area contributed by atoms with E-state index in [4.69, 9.17) is 15.2 Å². The average Bonchev–Trinajstić information content (AvgIpc) is 3.40. The molecule has 182 valence electrons. The number of nitrogens with two attached hydrogens (primary N) is 1. The van der Waals surface area contributed by atoms with Gasteiger partial charge in [0.1, 0.15) is 17.9 Å². The van der Waals surface area contributed by atoms with Gasteiger partial charge in [-0.15, -0.1) is 0 Å². The van der Waals surface area contributed by atoms with Gasteiger partial charge in [-0.05, 0) is 18.2 Å². The summed E-state index contributed by atoms with van der Waals surface area (Å²) in [6.07, 6.45) is 5.04. The van der Waals surface area contributed by atoms with Gasteiger partial charge in [0, 0.05) is 42.0 Å². The van der Waals surface area contributed by atoms with Gasteiger partial charge in [-0.3, -0.25) is 4.98 Å². The number of aromatic nitrogens is 3. The Kier molecular flexibility index (Phi) is 6.37. The van der Waals surface area contributed by atoms with E-state index >= 15 is 0 Å². The maximum Gasteiger partial charge on any atom is 0.227 e. The van der Waals surface area contributed by atoms with E-state index in [1.165, 1.54) is 18.6 Å². The van der Waals surface area contributed by atoms with Crippen molar-refractivity contribution in [3.05, 3.63) is 72.2 Å². The summed E-state index contributed by atoms with van der Waals surface area (Å²) in [5, 5.41) is 13.3. The van der Waals surface area contributed by atoms with Gasteiger partial charge >= 0.3 is 0 Å². The van der Waals surface area contributed by atoms with Crippen LogP contribution >= 0.6 is 0 Å². The first-order valence-electron chi connectivity index (χ1n) is 11.2. The third kappa shape index (κ3) is 4.91. The minimum absolute atomic E-state index is 0.0710. The number of hydrogen-bond donors (Lipinski definition) is 2. The third-order valence-corrected chi connectivity index (χ3v) is 7.41. The number of ether oxygens (including phenoxy) is 2. The molecule has 2 aromatic heterocycles. The van der Waals surface area contributed by atoms with Crippen LogP contribution in [0.3, 0.4) is 0 Å². The number of rotatable bonds is 7. The summed E-state index contributed by atoms with van der Waals surface area (Å²) in [4.78, 5) is 13.1. The maximum absolute atomic E-state index is 12.6. The number of nitrogens with one attached hydrogen (secondary N) is 1. The molecule has 1 saturated heterocycles. The Labute approximate surface area is 207 Å². The highest BCUT2D eigenvalue weighted by Crippen LogP contribution is 2.35. The Morgan fingerprint density at radius 1 is 1.14 bits per heavy atom. The molecule has 0 radical (unpaired) electrons. The predicted molar refractivity (Wildman–Crippen MR) is 133 cm³/mol. The van der Waals surface area contributed by atoms with E-state index < -0.39 is 9.84 Å². The van der Waals surface area contributed by atoms with Gasteiger partial charge in [-0.25, -0.2) is 18.4 Å². The minimum Gasteiger partial charge on any atom is -0.486 e. The van der Waals surface area contributed by atoms with E-state index in [9.17, 15) is 13.7 Å². The Hall–Kier alpha value is -4.27. The van der Waals surface area contributed by atoms with Crippen LogP contribution in [0, 0.1) is 11.3 Å². The molecule has 10 nitrogen and oxygen atoms in total. The Morgan fingerprint density at radius 2 is 1.92 bits per heavy atom. The molecule has 36 heavy (non-hydrogen) atoms. The van der Waals surface area contributed by atoms with Crippen molar-refractivity contribution in [2.75, 3.05) is 24.3 Å². The first kappa shape index (κ1) is 23.5.